The van der Waals surface area contributed by atoms with Gasteiger partial charge in [0.2, 0.25) is 0 Å². The van der Waals surface area contributed by atoms with Crippen molar-refractivity contribution in [2.24, 2.45) is 0 Å². The maximum absolute atomic E-state index is 9.07. The van der Waals surface area contributed by atoms with E-state index in [0.717, 1.165) is 11.4 Å². The van der Waals surface area contributed by atoms with E-state index in [1.807, 2.05) is 31.3 Å². The summed E-state index contributed by atoms with van der Waals surface area (Å²) in [4.78, 5) is 1.78. The molecule has 0 atom stereocenters. The molecule has 0 N–H and O–H groups in total. The predicted molar refractivity (Wildman–Crippen MR) is 67.8 cm³/mol. The Labute approximate surface area is 105 Å². The number of ether oxygens (including phenoxy) is 1. The van der Waals surface area contributed by atoms with E-state index in [-0.39, 0.29) is 0 Å². The molecule has 0 amide bonds. The Bertz CT molecular complexity index is 592. The number of benzene rings is 1. The second kappa shape index (κ2) is 5.15. The van der Waals surface area contributed by atoms with E-state index in [2.05, 4.69) is 16.3 Å². The minimum Gasteiger partial charge on any atom is -0.495 e. The average molecular weight is 240 g/mol. The first-order chi connectivity index (χ1) is 8.77. The highest BCUT2D eigenvalue weighted by Gasteiger charge is 2.14. The van der Waals surface area contributed by atoms with Crippen LogP contribution in [-0.4, -0.2) is 24.4 Å². The van der Waals surface area contributed by atoms with Gasteiger partial charge in [-0.2, -0.15) is 10.4 Å². The number of hydrogen-bond acceptors (Lipinski definition) is 5. The topological polar surface area (TPSA) is 62.0 Å². The number of nitriles is 1. The molecule has 0 unspecified atom stereocenters. The van der Waals surface area contributed by atoms with Crippen LogP contribution in [0.1, 0.15) is 5.56 Å². The third-order valence-electron chi connectivity index (χ3n) is 2.59. The number of anilines is 2. The van der Waals surface area contributed by atoms with Crippen LogP contribution in [0.25, 0.3) is 0 Å². The number of nitrogens with zero attached hydrogens (tertiary/aromatic N) is 4. The van der Waals surface area contributed by atoms with Crippen LogP contribution < -0.4 is 9.64 Å². The summed E-state index contributed by atoms with van der Waals surface area (Å²) in [5, 5.41) is 16.9. The summed E-state index contributed by atoms with van der Waals surface area (Å²) in [6.07, 6.45) is 1.50. The third-order valence-corrected chi connectivity index (χ3v) is 2.59. The quantitative estimate of drug-likeness (QED) is 0.822. The van der Waals surface area contributed by atoms with Crippen molar-refractivity contribution in [1.82, 2.24) is 10.2 Å². The molecule has 5 nitrogen and oxygen atoms in total. The smallest absolute Gasteiger partial charge is 0.173 e. The fourth-order valence-electron chi connectivity index (χ4n) is 1.68. The Balaban J connectivity index is 2.48. The van der Waals surface area contributed by atoms with Gasteiger partial charge >= 0.3 is 0 Å². The normalized spacial score (nSPS) is 9.61. The van der Waals surface area contributed by atoms with E-state index in [1.165, 1.54) is 6.20 Å². The maximum atomic E-state index is 9.07. The molecule has 1 aromatic heterocycles. The van der Waals surface area contributed by atoms with Crippen LogP contribution in [0.4, 0.5) is 11.5 Å². The van der Waals surface area contributed by atoms with E-state index in [9.17, 15) is 0 Å². The van der Waals surface area contributed by atoms with Crippen LogP contribution in [-0.2, 0) is 0 Å². The second-order valence-corrected chi connectivity index (χ2v) is 3.61. The summed E-state index contributed by atoms with van der Waals surface area (Å²) in [6, 6.07) is 11.3. The highest BCUT2D eigenvalue weighted by atomic mass is 16.5. The summed E-state index contributed by atoms with van der Waals surface area (Å²) in [6.45, 7) is 0. The molecular weight excluding hydrogens is 228 g/mol. The van der Waals surface area contributed by atoms with Gasteiger partial charge in [-0.3, -0.25) is 0 Å². The summed E-state index contributed by atoms with van der Waals surface area (Å²) < 4.78 is 5.29. The molecule has 0 radical (unpaired) electrons. The Morgan fingerprint density at radius 3 is 2.78 bits per heavy atom. The van der Waals surface area contributed by atoms with Crippen molar-refractivity contribution in [3.63, 3.8) is 0 Å². The fraction of sp³-hybridized carbons (Fsp3) is 0.154. The standard InChI is InChI=1S/C13H12N4O/c1-17(11-5-3-4-6-12(11)18-2)13-10(9-14)7-8-15-16-13/h3-8H,1-2H3. The van der Waals surface area contributed by atoms with Crippen LogP contribution in [0.2, 0.25) is 0 Å². The van der Waals surface area contributed by atoms with Crippen LogP contribution in [0.3, 0.4) is 0 Å². The van der Waals surface area contributed by atoms with Crippen LogP contribution in [0.5, 0.6) is 5.75 Å². The molecule has 0 aliphatic carbocycles. The number of rotatable bonds is 3. The van der Waals surface area contributed by atoms with Gasteiger partial charge in [0, 0.05) is 7.05 Å². The Morgan fingerprint density at radius 1 is 1.28 bits per heavy atom. The largest absolute Gasteiger partial charge is 0.495 e. The second-order valence-electron chi connectivity index (χ2n) is 3.61. The predicted octanol–water partition coefficient (Wildman–Crippen LogP) is 2.12. The molecule has 5 heteroatoms. The molecule has 2 rings (SSSR count). The zero-order chi connectivity index (χ0) is 13.0. The van der Waals surface area contributed by atoms with Gasteiger partial charge in [0.25, 0.3) is 0 Å². The van der Waals surface area contributed by atoms with Crippen LogP contribution in [0, 0.1) is 11.3 Å². The average Bonchev–Trinajstić information content (AvgIpc) is 2.46. The molecule has 0 fully saturated rings. The molecule has 18 heavy (non-hydrogen) atoms. The van der Waals surface area contributed by atoms with Gasteiger partial charge in [-0.15, -0.1) is 5.10 Å². The minimum absolute atomic E-state index is 0.471. The van der Waals surface area contributed by atoms with Gasteiger partial charge < -0.3 is 9.64 Å². The molecule has 0 saturated carbocycles. The molecule has 2 aromatic rings. The van der Waals surface area contributed by atoms with Crippen molar-refractivity contribution >= 4 is 11.5 Å². The van der Waals surface area contributed by atoms with Crippen molar-refractivity contribution in [2.45, 2.75) is 0 Å². The van der Waals surface area contributed by atoms with Crippen molar-refractivity contribution in [1.29, 1.82) is 5.26 Å². The first-order valence-corrected chi connectivity index (χ1v) is 5.36. The molecule has 1 aromatic carbocycles. The summed E-state index contributed by atoms with van der Waals surface area (Å²) in [5.41, 5.74) is 1.30. The molecule has 0 saturated heterocycles. The molecular formula is C13H12N4O. The van der Waals surface area contributed by atoms with Crippen LogP contribution in [0.15, 0.2) is 36.5 Å². The minimum atomic E-state index is 0.471. The summed E-state index contributed by atoms with van der Waals surface area (Å²) >= 11 is 0. The molecule has 90 valence electrons. The fourth-order valence-corrected chi connectivity index (χ4v) is 1.68. The first-order valence-electron chi connectivity index (χ1n) is 5.36. The molecule has 1 heterocycles. The lowest BCUT2D eigenvalue weighted by Crippen LogP contribution is -2.14. The van der Waals surface area contributed by atoms with E-state index >= 15 is 0 Å². The first kappa shape index (κ1) is 11.9. The van der Waals surface area contributed by atoms with E-state index in [0.29, 0.717) is 11.4 Å². The molecule has 0 bridgehead atoms. The molecule has 0 aliphatic rings. The number of aromatic nitrogens is 2. The zero-order valence-electron chi connectivity index (χ0n) is 10.2. The van der Waals surface area contributed by atoms with Gasteiger partial charge in [-0.1, -0.05) is 12.1 Å². The summed E-state index contributed by atoms with van der Waals surface area (Å²) in [5.74, 6) is 1.22. The van der Waals surface area contributed by atoms with Gasteiger partial charge in [0.1, 0.15) is 11.8 Å². The lowest BCUT2D eigenvalue weighted by Gasteiger charge is -2.20. The number of hydrogen-bond donors (Lipinski definition) is 0. The number of para-hydroxylation sites is 2. The number of methoxy groups -OCH3 is 1. The van der Waals surface area contributed by atoms with Gasteiger partial charge in [0.15, 0.2) is 5.82 Å². The van der Waals surface area contributed by atoms with E-state index < -0.39 is 0 Å². The van der Waals surface area contributed by atoms with Gasteiger partial charge in [-0.25, -0.2) is 0 Å². The van der Waals surface area contributed by atoms with E-state index in [1.54, 1.807) is 18.1 Å². The SMILES string of the molecule is COc1ccccc1N(C)c1nnccc1C#N. The lowest BCUT2D eigenvalue weighted by atomic mass is 10.2. The van der Waals surface area contributed by atoms with Crippen molar-refractivity contribution < 1.29 is 4.74 Å². The lowest BCUT2D eigenvalue weighted by molar-refractivity contribution is 0.415. The Kier molecular flexibility index (Phi) is 3.39. The van der Waals surface area contributed by atoms with Crippen molar-refractivity contribution in [2.75, 3.05) is 19.1 Å². The van der Waals surface area contributed by atoms with Crippen LogP contribution >= 0.6 is 0 Å². The Morgan fingerprint density at radius 2 is 2.06 bits per heavy atom. The van der Waals surface area contributed by atoms with Gasteiger partial charge in [-0.05, 0) is 18.2 Å². The highest BCUT2D eigenvalue weighted by molar-refractivity contribution is 5.69. The highest BCUT2D eigenvalue weighted by Crippen LogP contribution is 2.31. The monoisotopic (exact) mass is 240 g/mol. The Hall–Kier alpha value is -2.61. The summed E-state index contributed by atoms with van der Waals surface area (Å²) in [7, 11) is 3.43. The third kappa shape index (κ3) is 2.09. The van der Waals surface area contributed by atoms with E-state index in [4.69, 9.17) is 10.00 Å². The molecule has 0 spiro atoms. The zero-order valence-corrected chi connectivity index (χ0v) is 10.2. The maximum Gasteiger partial charge on any atom is 0.173 e. The van der Waals surface area contributed by atoms with Gasteiger partial charge in [0.05, 0.1) is 24.6 Å². The van der Waals surface area contributed by atoms with Crippen molar-refractivity contribution in [3.05, 3.63) is 42.1 Å². The van der Waals surface area contributed by atoms with Crippen molar-refractivity contribution in [3.8, 4) is 11.8 Å². The molecule has 0 aliphatic heterocycles.